The molecule has 0 saturated heterocycles. The van der Waals surface area contributed by atoms with Crippen molar-refractivity contribution in [2.45, 2.75) is 24.6 Å². The molecule has 4 N–H and O–H groups in total. The number of aryl methyl sites for hydroxylation is 1. The maximum absolute atomic E-state index is 15.2. The van der Waals surface area contributed by atoms with Crippen molar-refractivity contribution in [3.63, 3.8) is 0 Å². The van der Waals surface area contributed by atoms with E-state index >= 15 is 8.78 Å². The number of hydrogen-bond acceptors (Lipinski definition) is 7. The molecule has 2 heterocycles. The van der Waals surface area contributed by atoms with Gasteiger partial charge in [-0.05, 0) is 42.3 Å². The predicted molar refractivity (Wildman–Crippen MR) is 182 cm³/mol. The van der Waals surface area contributed by atoms with Crippen molar-refractivity contribution >= 4 is 61.6 Å². The van der Waals surface area contributed by atoms with Crippen LogP contribution in [-0.4, -0.2) is 59.7 Å². The Labute approximate surface area is 306 Å². The topological polar surface area (TPSA) is 142 Å². The van der Waals surface area contributed by atoms with Gasteiger partial charge in [0.15, 0.2) is 5.82 Å². The van der Waals surface area contributed by atoms with Gasteiger partial charge in [0, 0.05) is 29.8 Å². The van der Waals surface area contributed by atoms with Crippen LogP contribution in [0.25, 0.3) is 22.0 Å². The van der Waals surface area contributed by atoms with Gasteiger partial charge in [-0.2, -0.15) is 27.1 Å². The number of nitrogens with zero attached hydrogens (tertiary/aromatic N) is 3. The number of nitrogens with one attached hydrogen (secondary N) is 4. The van der Waals surface area contributed by atoms with E-state index in [0.717, 1.165) is 18.4 Å². The molecule has 2 aliphatic rings. The van der Waals surface area contributed by atoms with E-state index in [1.54, 1.807) is 0 Å². The fourth-order valence-corrected chi connectivity index (χ4v) is 7.20. The van der Waals surface area contributed by atoms with Crippen molar-refractivity contribution in [3.8, 4) is 23.0 Å². The van der Waals surface area contributed by atoms with Gasteiger partial charge < -0.3 is 10.6 Å². The molecule has 0 spiro atoms. The van der Waals surface area contributed by atoms with E-state index in [-0.39, 0.29) is 50.1 Å². The van der Waals surface area contributed by atoms with Crippen molar-refractivity contribution in [3.05, 3.63) is 86.8 Å². The summed E-state index contributed by atoms with van der Waals surface area (Å²) in [6, 6.07) is 7.08. The van der Waals surface area contributed by atoms with Crippen LogP contribution < -0.4 is 15.4 Å². The number of hydrogen-bond donors (Lipinski definition) is 4. The summed E-state index contributed by atoms with van der Waals surface area (Å²) in [6.45, 7) is -1.03. The number of halogens is 9. The van der Waals surface area contributed by atoms with E-state index in [1.807, 2.05) is 0 Å². The Bertz CT molecular complexity index is 2400. The molecular formula is C33H24Cl2F7N7O3S. The highest BCUT2D eigenvalue weighted by atomic mass is 35.5. The second-order valence-corrected chi connectivity index (χ2v) is 14.8. The highest BCUT2D eigenvalue weighted by Gasteiger charge is 2.61. The molecule has 0 bridgehead atoms. The van der Waals surface area contributed by atoms with Crippen molar-refractivity contribution in [2.24, 2.45) is 18.9 Å². The lowest BCUT2D eigenvalue weighted by atomic mass is 9.82. The molecule has 2 aromatic carbocycles. The summed E-state index contributed by atoms with van der Waals surface area (Å²) < 4.78 is 128. The van der Waals surface area contributed by atoms with Crippen LogP contribution in [0, 0.1) is 40.7 Å². The first kappa shape index (κ1) is 37.9. The van der Waals surface area contributed by atoms with Crippen LogP contribution in [0.15, 0.2) is 53.7 Å². The number of fused-ring (bicyclic) bond motifs is 2. The number of rotatable bonds is 11. The van der Waals surface area contributed by atoms with Gasteiger partial charge in [-0.15, -0.1) is 0 Å². The number of anilines is 1. The summed E-state index contributed by atoms with van der Waals surface area (Å²) in [6.07, 6.45) is -4.74. The minimum Gasteiger partial charge on any atom is -0.374 e. The van der Waals surface area contributed by atoms with E-state index in [0.29, 0.717) is 11.6 Å². The third-order valence-electron chi connectivity index (χ3n) is 8.44. The third kappa shape index (κ3) is 7.37. The molecule has 0 fully saturated rings. The van der Waals surface area contributed by atoms with Crippen LogP contribution in [0.2, 0.25) is 10.2 Å². The molecule has 2 aromatic heterocycles. The molecule has 1 amide bonds. The zero-order chi connectivity index (χ0) is 38.8. The normalized spacial score (nSPS) is 18.2. The average Bonchev–Trinajstić information content (AvgIpc) is 3.40. The Kier molecular flexibility index (Phi) is 9.67. The zero-order valence-corrected chi connectivity index (χ0v) is 29.4. The van der Waals surface area contributed by atoms with E-state index in [4.69, 9.17) is 28.6 Å². The maximum atomic E-state index is 15.2. The minimum absolute atomic E-state index is 0.00887. The number of alkyl halides is 5. The third-order valence-corrected chi connectivity index (χ3v) is 9.53. The molecule has 53 heavy (non-hydrogen) atoms. The first-order chi connectivity index (χ1) is 24.7. The molecule has 3 atom stereocenters. The lowest BCUT2D eigenvalue weighted by Crippen LogP contribution is -2.41. The second kappa shape index (κ2) is 13.5. The van der Waals surface area contributed by atoms with Gasteiger partial charge in [-0.3, -0.25) is 19.6 Å². The van der Waals surface area contributed by atoms with Gasteiger partial charge in [0.05, 0.1) is 52.1 Å². The number of carbonyl (C=O) groups is 1. The lowest BCUT2D eigenvalue weighted by Gasteiger charge is -2.25. The lowest BCUT2D eigenvalue weighted by molar-refractivity contribution is -0.121. The number of amides is 1. The smallest absolute Gasteiger partial charge is 0.374 e. The molecule has 0 aliphatic heterocycles. The summed E-state index contributed by atoms with van der Waals surface area (Å²) in [7, 11) is -2.33. The van der Waals surface area contributed by atoms with E-state index in [1.165, 1.54) is 36.0 Å². The van der Waals surface area contributed by atoms with Gasteiger partial charge in [0.2, 0.25) is 15.9 Å². The van der Waals surface area contributed by atoms with Gasteiger partial charge in [0.1, 0.15) is 28.4 Å². The van der Waals surface area contributed by atoms with Crippen LogP contribution in [0.5, 0.6) is 0 Å². The van der Waals surface area contributed by atoms with Gasteiger partial charge >= 0.3 is 12.1 Å². The standard InChI is InChI=1S/C33H24Cl2F7N7O3S/c1-49-28-18(4-7-21(34)26(28)31(47-49)48-53(2,51)52)17-5-8-23(35)46-27(17)22(11-14-9-15(36)12-16(37)10-14)45-24(50)13-44-30-25(29(43)33(40,41)42)19-3-6-20(19)32(30,38)39/h4-5,7-10,12,19-20,22,43-44H,11,13H2,1-2H3,(H,45,50)(H,47,48)/t19-,20+,22-/m0/s1. The van der Waals surface area contributed by atoms with Crippen molar-refractivity contribution in [1.29, 1.82) is 5.41 Å². The quantitative estimate of drug-likeness (QED) is 0.0606. The Morgan fingerprint density at radius 2 is 1.74 bits per heavy atom. The molecule has 278 valence electrons. The fourth-order valence-electron chi connectivity index (χ4n) is 6.31. The summed E-state index contributed by atoms with van der Waals surface area (Å²) in [5, 5.41) is 16.6. The van der Waals surface area contributed by atoms with Crippen LogP contribution in [0.3, 0.4) is 0 Å². The number of sulfonamides is 1. The van der Waals surface area contributed by atoms with Gasteiger partial charge in [-0.25, -0.2) is 22.2 Å². The second-order valence-electron chi connectivity index (χ2n) is 12.2. The summed E-state index contributed by atoms with van der Waals surface area (Å²) >= 11 is 12.8. The van der Waals surface area contributed by atoms with Crippen molar-refractivity contribution in [2.75, 3.05) is 17.5 Å². The zero-order valence-electron chi connectivity index (χ0n) is 27.1. The molecule has 0 saturated carbocycles. The number of aromatic nitrogens is 3. The molecule has 6 rings (SSSR count). The highest BCUT2D eigenvalue weighted by molar-refractivity contribution is 7.92. The van der Waals surface area contributed by atoms with Crippen LogP contribution in [0.1, 0.15) is 17.3 Å². The molecular weight excluding hydrogens is 778 g/mol. The SMILES string of the molecule is Cn1nc(NS(C)(=O)=O)c2c(Cl)ccc(-c3ccc(Cl)nc3[C@H](Cc3cc(F)cc(F)c3)NC(=O)CNC3=C(C(=N)C(F)(F)F)[C@H]4C#C[C@H]4C3(F)F)c21. The largest absolute Gasteiger partial charge is 0.433 e. The Hall–Kier alpha value is -4.86. The first-order valence-corrected chi connectivity index (χ1v) is 17.9. The molecule has 2 aliphatic carbocycles. The fraction of sp³-hybridized carbons (Fsp3) is 0.273. The summed E-state index contributed by atoms with van der Waals surface area (Å²) in [5.74, 6) is -6.08. The van der Waals surface area contributed by atoms with Crippen LogP contribution >= 0.6 is 23.2 Å². The van der Waals surface area contributed by atoms with Crippen LogP contribution in [0.4, 0.5) is 36.6 Å². The average molecular weight is 803 g/mol. The number of benzene rings is 2. The summed E-state index contributed by atoms with van der Waals surface area (Å²) in [4.78, 5) is 17.9. The van der Waals surface area contributed by atoms with Crippen molar-refractivity contribution in [1.82, 2.24) is 25.4 Å². The van der Waals surface area contributed by atoms with Gasteiger partial charge in [-0.1, -0.05) is 41.1 Å². The Morgan fingerprint density at radius 1 is 1.08 bits per heavy atom. The predicted octanol–water partition coefficient (Wildman–Crippen LogP) is 6.32. The highest BCUT2D eigenvalue weighted by Crippen LogP contribution is 2.51. The summed E-state index contributed by atoms with van der Waals surface area (Å²) in [5.41, 5.74) is -3.55. The Morgan fingerprint density at radius 3 is 2.34 bits per heavy atom. The van der Waals surface area contributed by atoms with E-state index in [2.05, 4.69) is 37.3 Å². The number of allylic oxidation sites excluding steroid dienone is 2. The van der Waals surface area contributed by atoms with Crippen LogP contribution in [-0.2, 0) is 28.3 Å². The molecule has 0 radical (unpaired) electrons. The number of carbonyl (C=O) groups excluding carboxylic acids is 1. The number of pyridine rings is 1. The first-order valence-electron chi connectivity index (χ1n) is 15.2. The monoisotopic (exact) mass is 801 g/mol. The van der Waals surface area contributed by atoms with E-state index < -0.39 is 81.1 Å². The molecule has 4 aromatic rings. The molecule has 0 unspecified atom stereocenters. The molecule has 10 nitrogen and oxygen atoms in total. The maximum Gasteiger partial charge on any atom is 0.433 e. The molecule has 20 heteroatoms. The van der Waals surface area contributed by atoms with E-state index in [9.17, 15) is 35.2 Å². The Balaban J connectivity index is 1.42. The van der Waals surface area contributed by atoms with Crippen molar-refractivity contribution < 1.29 is 43.9 Å². The van der Waals surface area contributed by atoms with Gasteiger partial charge in [0.25, 0.3) is 0 Å². The minimum atomic E-state index is -5.28.